The van der Waals surface area contributed by atoms with Crippen molar-refractivity contribution in [2.45, 2.75) is 18.0 Å². The fraction of sp³-hybridized carbons (Fsp3) is 0.471. The van der Waals surface area contributed by atoms with Gasteiger partial charge in [-0.15, -0.1) is 10.2 Å². The highest BCUT2D eigenvalue weighted by Crippen LogP contribution is 2.22. The Bertz CT molecular complexity index is 724. The summed E-state index contributed by atoms with van der Waals surface area (Å²) in [6.45, 7) is 1.82. The lowest BCUT2D eigenvalue weighted by molar-refractivity contribution is -0.130. The van der Waals surface area contributed by atoms with Gasteiger partial charge in [0.2, 0.25) is 5.91 Å². The van der Waals surface area contributed by atoms with E-state index in [1.54, 1.807) is 29.1 Å². The molecule has 25 heavy (non-hydrogen) atoms. The van der Waals surface area contributed by atoms with Gasteiger partial charge in [-0.25, -0.2) is 4.39 Å². The maximum Gasteiger partial charge on any atom is 0.233 e. The van der Waals surface area contributed by atoms with E-state index in [2.05, 4.69) is 10.2 Å². The third-order valence-corrected chi connectivity index (χ3v) is 5.20. The number of aromatic nitrogens is 3. The van der Waals surface area contributed by atoms with Crippen molar-refractivity contribution in [1.29, 1.82) is 0 Å². The number of hydrogen-bond donors (Lipinski definition) is 0. The van der Waals surface area contributed by atoms with Gasteiger partial charge in [0.15, 0.2) is 16.7 Å². The zero-order chi connectivity index (χ0) is 17.6. The van der Waals surface area contributed by atoms with Crippen LogP contribution in [0.4, 0.5) is 4.39 Å². The second-order valence-corrected chi connectivity index (χ2v) is 7.05. The Balaban J connectivity index is 1.48. The van der Waals surface area contributed by atoms with E-state index in [1.807, 2.05) is 11.9 Å². The van der Waals surface area contributed by atoms with Crippen LogP contribution in [-0.2, 0) is 11.8 Å². The first-order valence-corrected chi connectivity index (χ1v) is 9.24. The van der Waals surface area contributed by atoms with Gasteiger partial charge in [-0.2, -0.15) is 0 Å². The van der Waals surface area contributed by atoms with Gasteiger partial charge in [0.05, 0.1) is 12.4 Å². The zero-order valence-electron chi connectivity index (χ0n) is 14.1. The molecule has 2 heterocycles. The molecule has 8 heteroatoms. The molecule has 1 fully saturated rings. The van der Waals surface area contributed by atoms with Crippen LogP contribution >= 0.6 is 11.8 Å². The average Bonchev–Trinajstić information content (AvgIpc) is 3.04. The van der Waals surface area contributed by atoms with Gasteiger partial charge in [0.25, 0.3) is 0 Å². The van der Waals surface area contributed by atoms with E-state index in [0.29, 0.717) is 18.9 Å². The summed E-state index contributed by atoms with van der Waals surface area (Å²) in [5.74, 6) is 0.559. The summed E-state index contributed by atoms with van der Waals surface area (Å²) in [6, 6.07) is 6.39. The average molecular weight is 364 g/mol. The molecule has 0 radical (unpaired) electrons. The number of ether oxygens (including phenoxy) is 1. The second kappa shape index (κ2) is 8.33. The van der Waals surface area contributed by atoms with Crippen molar-refractivity contribution in [2.24, 2.45) is 13.0 Å². The van der Waals surface area contributed by atoms with Crippen LogP contribution in [0.15, 0.2) is 35.7 Å². The molecule has 2 aromatic rings. The quantitative estimate of drug-likeness (QED) is 0.737. The van der Waals surface area contributed by atoms with E-state index in [9.17, 15) is 9.18 Å². The van der Waals surface area contributed by atoms with Crippen LogP contribution in [0.2, 0.25) is 0 Å². The number of para-hydroxylation sites is 1. The second-order valence-electron chi connectivity index (χ2n) is 6.10. The maximum atomic E-state index is 13.6. The first-order valence-electron chi connectivity index (χ1n) is 8.25. The highest BCUT2D eigenvalue weighted by molar-refractivity contribution is 7.99. The third-order valence-electron chi connectivity index (χ3n) is 4.18. The minimum atomic E-state index is -0.355. The zero-order valence-corrected chi connectivity index (χ0v) is 14.9. The molecule has 0 N–H and O–H groups in total. The highest BCUT2D eigenvalue weighted by atomic mass is 32.2. The molecule has 1 aliphatic heterocycles. The lowest BCUT2D eigenvalue weighted by atomic mass is 9.99. The molecule has 0 bridgehead atoms. The van der Waals surface area contributed by atoms with E-state index in [4.69, 9.17) is 4.74 Å². The van der Waals surface area contributed by atoms with Crippen LogP contribution in [0, 0.1) is 11.7 Å². The summed E-state index contributed by atoms with van der Waals surface area (Å²) in [5.41, 5.74) is 0. The van der Waals surface area contributed by atoms with Crippen LogP contribution in [0.25, 0.3) is 0 Å². The number of carbonyl (C=O) groups excluding carboxylic acids is 1. The first kappa shape index (κ1) is 17.7. The molecule has 6 nitrogen and oxygen atoms in total. The Morgan fingerprint density at radius 3 is 3.04 bits per heavy atom. The number of aryl methyl sites for hydroxylation is 1. The molecule has 1 amide bonds. The molecule has 0 saturated carbocycles. The van der Waals surface area contributed by atoms with Crippen LogP contribution in [-0.4, -0.2) is 51.0 Å². The van der Waals surface area contributed by atoms with Crippen molar-refractivity contribution >= 4 is 17.7 Å². The predicted octanol–water partition coefficient (Wildman–Crippen LogP) is 2.36. The van der Waals surface area contributed by atoms with Crippen molar-refractivity contribution in [3.63, 3.8) is 0 Å². The Labute approximate surface area is 150 Å². The fourth-order valence-electron chi connectivity index (χ4n) is 2.82. The molecule has 1 aromatic carbocycles. The molecule has 1 atom stereocenters. The normalized spacial score (nSPS) is 17.5. The number of nitrogens with zero attached hydrogens (tertiary/aromatic N) is 4. The Hall–Kier alpha value is -2.09. The van der Waals surface area contributed by atoms with E-state index < -0.39 is 0 Å². The Morgan fingerprint density at radius 2 is 2.28 bits per heavy atom. The van der Waals surface area contributed by atoms with Gasteiger partial charge in [0.1, 0.15) is 6.33 Å². The summed E-state index contributed by atoms with van der Waals surface area (Å²) in [7, 11) is 1.85. The molecule has 0 spiro atoms. The number of rotatable bonds is 6. The molecule has 3 rings (SSSR count). The minimum Gasteiger partial charge on any atom is -0.490 e. The van der Waals surface area contributed by atoms with Crippen LogP contribution < -0.4 is 4.74 Å². The number of halogens is 1. The van der Waals surface area contributed by atoms with Crippen molar-refractivity contribution < 1.29 is 13.9 Å². The van der Waals surface area contributed by atoms with Crippen molar-refractivity contribution in [3.8, 4) is 5.75 Å². The largest absolute Gasteiger partial charge is 0.490 e. The first-order chi connectivity index (χ1) is 12.1. The smallest absolute Gasteiger partial charge is 0.233 e. The number of piperidine rings is 1. The monoisotopic (exact) mass is 364 g/mol. The molecule has 1 saturated heterocycles. The Kier molecular flexibility index (Phi) is 5.91. The topological polar surface area (TPSA) is 60.2 Å². The van der Waals surface area contributed by atoms with E-state index in [0.717, 1.165) is 24.5 Å². The van der Waals surface area contributed by atoms with Crippen molar-refractivity contribution in [3.05, 3.63) is 36.4 Å². The van der Waals surface area contributed by atoms with Gasteiger partial charge in [-0.3, -0.25) is 4.79 Å². The van der Waals surface area contributed by atoms with Crippen molar-refractivity contribution in [1.82, 2.24) is 19.7 Å². The van der Waals surface area contributed by atoms with Gasteiger partial charge < -0.3 is 14.2 Å². The summed E-state index contributed by atoms with van der Waals surface area (Å²) >= 11 is 1.39. The lowest BCUT2D eigenvalue weighted by Crippen LogP contribution is -2.42. The number of hydrogen-bond acceptors (Lipinski definition) is 5. The molecule has 1 aliphatic rings. The molecule has 1 aromatic heterocycles. The number of thioether (sulfide) groups is 1. The van der Waals surface area contributed by atoms with Gasteiger partial charge >= 0.3 is 0 Å². The standard InChI is InChI=1S/C17H21FN4O2S/c1-21-12-19-20-17(21)25-11-16(23)22-8-4-5-13(9-22)10-24-15-7-3-2-6-14(15)18/h2-3,6-7,12-13H,4-5,8-11H2,1H3/t13-/m1/s1. The van der Waals surface area contributed by atoms with Gasteiger partial charge in [-0.1, -0.05) is 23.9 Å². The molecule has 0 aliphatic carbocycles. The predicted molar refractivity (Wildman–Crippen MR) is 92.9 cm³/mol. The van der Waals surface area contributed by atoms with Gasteiger partial charge in [0, 0.05) is 26.1 Å². The summed E-state index contributed by atoms with van der Waals surface area (Å²) in [4.78, 5) is 14.3. The molecular formula is C17H21FN4O2S. The molecule has 0 unspecified atom stereocenters. The SMILES string of the molecule is Cn1cnnc1SCC(=O)N1CCC[C@@H](COc2ccccc2F)C1. The van der Waals surface area contributed by atoms with E-state index in [1.165, 1.54) is 17.8 Å². The van der Waals surface area contributed by atoms with Gasteiger partial charge in [-0.05, 0) is 25.0 Å². The number of carbonyl (C=O) groups is 1. The minimum absolute atomic E-state index is 0.0867. The maximum absolute atomic E-state index is 13.6. The number of amides is 1. The summed E-state index contributed by atoms with van der Waals surface area (Å²) in [5, 5.41) is 8.50. The highest BCUT2D eigenvalue weighted by Gasteiger charge is 2.24. The molecular weight excluding hydrogens is 343 g/mol. The number of benzene rings is 1. The fourth-order valence-corrected chi connectivity index (χ4v) is 3.61. The van der Waals surface area contributed by atoms with Crippen molar-refractivity contribution in [2.75, 3.05) is 25.4 Å². The lowest BCUT2D eigenvalue weighted by Gasteiger charge is -2.32. The van der Waals surface area contributed by atoms with E-state index >= 15 is 0 Å². The molecule has 134 valence electrons. The van der Waals surface area contributed by atoms with E-state index in [-0.39, 0.29) is 23.4 Å². The van der Waals surface area contributed by atoms with Crippen LogP contribution in [0.5, 0.6) is 5.75 Å². The Morgan fingerprint density at radius 1 is 1.44 bits per heavy atom. The summed E-state index contributed by atoms with van der Waals surface area (Å²) < 4.78 is 21.0. The number of likely N-dealkylation sites (tertiary alicyclic amines) is 1. The van der Waals surface area contributed by atoms with Crippen LogP contribution in [0.1, 0.15) is 12.8 Å². The summed E-state index contributed by atoms with van der Waals surface area (Å²) in [6.07, 6.45) is 3.53. The van der Waals surface area contributed by atoms with Crippen LogP contribution in [0.3, 0.4) is 0 Å². The third kappa shape index (κ3) is 4.72.